The Labute approximate surface area is 215 Å². The minimum absolute atomic E-state index is 0.204. The first-order chi connectivity index (χ1) is 17.9. The van der Waals surface area contributed by atoms with Gasteiger partial charge in [-0.25, -0.2) is 4.68 Å². The van der Waals surface area contributed by atoms with Crippen molar-refractivity contribution < 1.29 is 14.3 Å². The Hall–Kier alpha value is -4.59. The summed E-state index contributed by atoms with van der Waals surface area (Å²) < 4.78 is 7.23. The highest BCUT2D eigenvalue weighted by atomic mass is 16.5. The number of benzene rings is 3. The number of aryl methyl sites for hydroxylation is 4. The highest BCUT2D eigenvalue weighted by molar-refractivity contribution is 6.04. The second kappa shape index (κ2) is 9.81. The summed E-state index contributed by atoms with van der Waals surface area (Å²) in [7, 11) is 1.56. The predicted octanol–water partition coefficient (Wildman–Crippen LogP) is 4.50. The van der Waals surface area contributed by atoms with Crippen LogP contribution in [0.5, 0.6) is 5.75 Å². The van der Waals surface area contributed by atoms with Crippen LogP contribution in [0.2, 0.25) is 0 Å². The summed E-state index contributed by atoms with van der Waals surface area (Å²) >= 11 is 0. The Morgan fingerprint density at radius 2 is 1.89 bits per heavy atom. The maximum Gasteiger partial charge on any atom is 0.255 e. The molecule has 1 aromatic heterocycles. The van der Waals surface area contributed by atoms with E-state index in [9.17, 15) is 9.59 Å². The molecule has 0 fully saturated rings. The number of fused-ring (bicyclic) bond motifs is 2. The number of carbonyl (C=O) groups excluding carboxylic acids is 2. The van der Waals surface area contributed by atoms with Crippen LogP contribution in [0.1, 0.15) is 43.0 Å². The van der Waals surface area contributed by atoms with Crippen LogP contribution in [-0.4, -0.2) is 28.7 Å². The Balaban J connectivity index is 1.41. The minimum atomic E-state index is -0.538. The van der Waals surface area contributed by atoms with Gasteiger partial charge in [-0.05, 0) is 60.7 Å². The van der Waals surface area contributed by atoms with Crippen LogP contribution in [0, 0.1) is 13.8 Å². The Morgan fingerprint density at radius 3 is 2.65 bits per heavy atom. The van der Waals surface area contributed by atoms with E-state index >= 15 is 0 Å². The molecule has 0 saturated carbocycles. The van der Waals surface area contributed by atoms with Crippen molar-refractivity contribution in [1.29, 1.82) is 0 Å². The number of hydrogen-bond acceptors (Lipinski definition) is 5. The first-order valence-corrected chi connectivity index (χ1v) is 12.1. The average Bonchev–Trinajstić information content (AvgIpc) is 3.15. The van der Waals surface area contributed by atoms with Crippen molar-refractivity contribution in [2.24, 2.45) is 5.73 Å². The third-order valence-electron chi connectivity index (χ3n) is 6.78. The summed E-state index contributed by atoms with van der Waals surface area (Å²) in [5.41, 5.74) is 13.0. The standard InChI is InChI=1S/C29H29N5O3/c1-17-7-6-9-22(26(17)37-3)29(36)31-16-21-12-11-20(15-18(21)2)25-24(27(30)35)28-32-23-10-5-4-8-19(23)13-14-34(28)33-25/h4-12,15,32H,13-14,16H2,1-3H3,(H2,30,35)(H,31,36). The highest BCUT2D eigenvalue weighted by Crippen LogP contribution is 2.34. The molecule has 4 aromatic rings. The number of nitrogens with one attached hydrogen (secondary N) is 2. The SMILES string of the molecule is COc1c(C)cccc1C(=O)NCc1ccc(-c2nn3c(c2C(N)=O)Nc2ccccc2CC3)cc1C. The van der Waals surface area contributed by atoms with Gasteiger partial charge in [-0.1, -0.05) is 42.5 Å². The lowest BCUT2D eigenvalue weighted by atomic mass is 10.0. The first kappa shape index (κ1) is 24.1. The van der Waals surface area contributed by atoms with Crippen molar-refractivity contribution in [2.45, 2.75) is 33.4 Å². The third-order valence-corrected chi connectivity index (χ3v) is 6.78. The van der Waals surface area contributed by atoms with E-state index in [1.54, 1.807) is 13.2 Å². The van der Waals surface area contributed by atoms with Crippen molar-refractivity contribution in [3.8, 4) is 17.0 Å². The van der Waals surface area contributed by atoms with Gasteiger partial charge in [0.1, 0.15) is 22.8 Å². The molecule has 37 heavy (non-hydrogen) atoms. The Bertz CT molecular complexity index is 1520. The third kappa shape index (κ3) is 4.53. The number of methoxy groups -OCH3 is 1. The number of primary amides is 1. The van der Waals surface area contributed by atoms with Crippen molar-refractivity contribution >= 4 is 23.3 Å². The summed E-state index contributed by atoms with van der Waals surface area (Å²) in [6, 6.07) is 19.3. The minimum Gasteiger partial charge on any atom is -0.496 e. The lowest BCUT2D eigenvalue weighted by molar-refractivity contribution is 0.0946. The molecule has 2 amide bonds. The fourth-order valence-corrected chi connectivity index (χ4v) is 4.81. The second-order valence-corrected chi connectivity index (χ2v) is 9.17. The van der Waals surface area contributed by atoms with Gasteiger partial charge in [0, 0.05) is 24.3 Å². The molecule has 0 radical (unpaired) electrons. The Morgan fingerprint density at radius 1 is 1.08 bits per heavy atom. The largest absolute Gasteiger partial charge is 0.496 e. The van der Waals surface area contributed by atoms with Crippen LogP contribution in [0.15, 0.2) is 60.7 Å². The first-order valence-electron chi connectivity index (χ1n) is 12.1. The maximum absolute atomic E-state index is 12.8. The van der Waals surface area contributed by atoms with E-state index in [0.717, 1.165) is 39.9 Å². The summed E-state index contributed by atoms with van der Waals surface area (Å²) in [5, 5.41) is 11.1. The molecule has 8 heteroatoms. The number of ether oxygens (including phenoxy) is 1. The lowest BCUT2D eigenvalue weighted by Crippen LogP contribution is -2.24. The molecule has 0 unspecified atom stereocenters. The van der Waals surface area contributed by atoms with Crippen molar-refractivity contribution in [3.05, 3.63) is 94.0 Å². The summed E-state index contributed by atoms with van der Waals surface area (Å²) in [4.78, 5) is 25.4. The average molecular weight is 496 g/mol. The number of anilines is 2. The van der Waals surface area contributed by atoms with Gasteiger partial charge < -0.3 is 21.1 Å². The lowest BCUT2D eigenvalue weighted by Gasteiger charge is -2.13. The molecule has 4 N–H and O–H groups in total. The molecule has 0 spiro atoms. The molecule has 0 bridgehead atoms. The molecular formula is C29H29N5O3. The Kier molecular flexibility index (Phi) is 6.40. The zero-order valence-electron chi connectivity index (χ0n) is 21.1. The van der Waals surface area contributed by atoms with Gasteiger partial charge in [0.05, 0.1) is 12.7 Å². The zero-order chi connectivity index (χ0) is 26.1. The molecule has 3 aromatic carbocycles. The van der Waals surface area contributed by atoms with Crippen LogP contribution in [-0.2, 0) is 19.5 Å². The molecule has 8 nitrogen and oxygen atoms in total. The molecule has 0 atom stereocenters. The number of nitrogens with two attached hydrogens (primary N) is 1. The van der Waals surface area contributed by atoms with E-state index in [1.165, 1.54) is 0 Å². The number of para-hydroxylation sites is 2. The summed E-state index contributed by atoms with van der Waals surface area (Å²) in [6.45, 7) is 4.86. The second-order valence-electron chi connectivity index (χ2n) is 9.17. The number of carbonyl (C=O) groups is 2. The van der Waals surface area contributed by atoms with Crippen molar-refractivity contribution in [2.75, 3.05) is 12.4 Å². The molecule has 0 saturated heterocycles. The number of aromatic nitrogens is 2. The van der Waals surface area contributed by atoms with Crippen molar-refractivity contribution in [3.63, 3.8) is 0 Å². The van der Waals surface area contributed by atoms with Gasteiger partial charge in [-0.3, -0.25) is 9.59 Å². The zero-order valence-corrected chi connectivity index (χ0v) is 21.1. The number of nitrogens with zero attached hydrogens (tertiary/aromatic N) is 2. The van der Waals surface area contributed by atoms with Crippen LogP contribution >= 0.6 is 0 Å². The van der Waals surface area contributed by atoms with E-state index in [-0.39, 0.29) is 5.91 Å². The molecular weight excluding hydrogens is 466 g/mol. The van der Waals surface area contributed by atoms with Gasteiger partial charge in [-0.15, -0.1) is 0 Å². The fourth-order valence-electron chi connectivity index (χ4n) is 4.81. The number of rotatable bonds is 6. The van der Waals surface area contributed by atoms with Gasteiger partial charge in [0.15, 0.2) is 0 Å². The van der Waals surface area contributed by atoms with Crippen molar-refractivity contribution in [1.82, 2.24) is 15.1 Å². The summed E-state index contributed by atoms with van der Waals surface area (Å²) in [6.07, 6.45) is 0.791. The van der Waals surface area contributed by atoms with Gasteiger partial charge in [0.2, 0.25) is 0 Å². The molecule has 1 aliphatic rings. The van der Waals surface area contributed by atoms with Gasteiger partial charge >= 0.3 is 0 Å². The van der Waals surface area contributed by atoms with E-state index in [0.29, 0.717) is 41.5 Å². The maximum atomic E-state index is 12.8. The van der Waals surface area contributed by atoms with Gasteiger partial charge in [-0.2, -0.15) is 5.10 Å². The summed E-state index contributed by atoms with van der Waals surface area (Å²) in [5.74, 6) is 0.434. The van der Waals surface area contributed by atoms with E-state index < -0.39 is 5.91 Å². The van der Waals surface area contributed by atoms with Crippen LogP contribution in [0.3, 0.4) is 0 Å². The highest BCUT2D eigenvalue weighted by Gasteiger charge is 2.26. The van der Waals surface area contributed by atoms with Crippen LogP contribution in [0.25, 0.3) is 11.3 Å². The van der Waals surface area contributed by atoms with E-state index in [1.807, 2.05) is 67.1 Å². The van der Waals surface area contributed by atoms with Gasteiger partial charge in [0.25, 0.3) is 11.8 Å². The normalized spacial score (nSPS) is 12.1. The van der Waals surface area contributed by atoms with Crippen LogP contribution in [0.4, 0.5) is 11.5 Å². The number of amides is 2. The molecule has 5 rings (SSSR count). The molecule has 2 heterocycles. The molecule has 1 aliphatic heterocycles. The van der Waals surface area contributed by atoms with E-state index in [4.69, 9.17) is 15.6 Å². The van der Waals surface area contributed by atoms with Crippen LogP contribution < -0.4 is 21.1 Å². The molecule has 0 aliphatic carbocycles. The smallest absolute Gasteiger partial charge is 0.255 e. The molecule has 188 valence electrons. The fraction of sp³-hybridized carbons (Fsp3) is 0.207. The topological polar surface area (TPSA) is 111 Å². The van der Waals surface area contributed by atoms with E-state index in [2.05, 4.69) is 16.7 Å². The predicted molar refractivity (Wildman–Crippen MR) is 143 cm³/mol. The monoisotopic (exact) mass is 495 g/mol. The quantitative estimate of drug-likeness (QED) is 0.365. The number of hydrogen-bond donors (Lipinski definition) is 3.